The van der Waals surface area contributed by atoms with E-state index in [-0.39, 0.29) is 36.6 Å². The highest BCUT2D eigenvalue weighted by Crippen LogP contribution is 2.30. The zero-order valence-corrected chi connectivity index (χ0v) is 16.5. The molecule has 10 heteroatoms. The molecule has 4 rings (SSSR count). The maximum Gasteiger partial charge on any atom is 0.417 e. The van der Waals surface area contributed by atoms with Crippen molar-refractivity contribution in [3.8, 4) is 0 Å². The van der Waals surface area contributed by atoms with Crippen molar-refractivity contribution >= 4 is 11.9 Å². The molecule has 7 nitrogen and oxygen atoms in total. The number of pyridine rings is 1. The van der Waals surface area contributed by atoms with Crippen LogP contribution in [-0.2, 0) is 22.1 Å². The standard InChI is InChI=1S/C20H25F3N4O3/c21-20(22,23)15-8-14(9-24-10-15)7-13-1-4-26(5-2-13)19(29)27-6-3-17-16(11-27)25-18(28)12-30-17/h8-10,13,16-17H,1-7,11-12H2,(H,25,28)/t16-,17+/m1/s1. The minimum absolute atomic E-state index is 0.0430. The first-order valence-corrected chi connectivity index (χ1v) is 10.3. The minimum atomic E-state index is -4.39. The minimum Gasteiger partial charge on any atom is -0.366 e. The number of aromatic nitrogens is 1. The molecule has 0 saturated carbocycles. The number of ether oxygens (including phenoxy) is 1. The van der Waals surface area contributed by atoms with E-state index in [1.165, 1.54) is 6.20 Å². The summed E-state index contributed by atoms with van der Waals surface area (Å²) in [6, 6.07) is 0.942. The molecule has 3 amide bonds. The number of rotatable bonds is 2. The van der Waals surface area contributed by atoms with Crippen molar-refractivity contribution in [2.24, 2.45) is 5.92 Å². The Bertz CT molecular complexity index is 796. The highest BCUT2D eigenvalue weighted by molar-refractivity contribution is 5.79. The van der Waals surface area contributed by atoms with E-state index in [0.717, 1.165) is 25.1 Å². The largest absolute Gasteiger partial charge is 0.417 e. The fourth-order valence-corrected chi connectivity index (χ4v) is 4.49. The number of urea groups is 1. The van der Waals surface area contributed by atoms with Crippen molar-refractivity contribution in [2.45, 2.75) is 44.0 Å². The second-order valence-electron chi connectivity index (χ2n) is 8.25. The lowest BCUT2D eigenvalue weighted by atomic mass is 9.90. The van der Waals surface area contributed by atoms with Gasteiger partial charge >= 0.3 is 12.2 Å². The van der Waals surface area contributed by atoms with E-state index in [0.29, 0.717) is 44.6 Å². The van der Waals surface area contributed by atoms with Crippen LogP contribution in [0.25, 0.3) is 0 Å². The molecule has 0 radical (unpaired) electrons. The highest BCUT2D eigenvalue weighted by atomic mass is 19.4. The zero-order valence-electron chi connectivity index (χ0n) is 16.5. The van der Waals surface area contributed by atoms with Crippen molar-refractivity contribution in [3.63, 3.8) is 0 Å². The lowest BCUT2D eigenvalue weighted by Crippen LogP contribution is -2.62. The third kappa shape index (κ3) is 4.69. The van der Waals surface area contributed by atoms with Crippen molar-refractivity contribution in [1.82, 2.24) is 20.1 Å². The van der Waals surface area contributed by atoms with E-state index < -0.39 is 11.7 Å². The molecule has 0 aliphatic carbocycles. The van der Waals surface area contributed by atoms with Crippen LogP contribution in [0.15, 0.2) is 18.5 Å². The van der Waals surface area contributed by atoms with Crippen LogP contribution in [0.1, 0.15) is 30.4 Å². The molecule has 0 unspecified atom stereocenters. The molecule has 0 spiro atoms. The Balaban J connectivity index is 1.28. The summed E-state index contributed by atoms with van der Waals surface area (Å²) in [6.45, 7) is 2.24. The van der Waals surface area contributed by atoms with Crippen LogP contribution in [0, 0.1) is 5.92 Å². The number of alkyl halides is 3. The Kier molecular flexibility index (Phi) is 5.86. The first-order chi connectivity index (χ1) is 14.3. The van der Waals surface area contributed by atoms with Gasteiger partial charge in [-0.05, 0) is 43.2 Å². The molecule has 1 N–H and O–H groups in total. The number of likely N-dealkylation sites (tertiary alicyclic amines) is 2. The molecule has 0 aromatic carbocycles. The van der Waals surface area contributed by atoms with Gasteiger partial charge in [0.05, 0.1) is 17.7 Å². The van der Waals surface area contributed by atoms with Crippen molar-refractivity contribution in [2.75, 3.05) is 32.8 Å². The molecule has 3 fully saturated rings. The number of carbonyl (C=O) groups is 2. The van der Waals surface area contributed by atoms with E-state index in [9.17, 15) is 22.8 Å². The topological polar surface area (TPSA) is 74.8 Å². The Morgan fingerprint density at radius 3 is 2.63 bits per heavy atom. The van der Waals surface area contributed by atoms with Crippen LogP contribution in [-0.4, -0.2) is 71.7 Å². The highest BCUT2D eigenvalue weighted by Gasteiger charge is 2.38. The SMILES string of the molecule is O=C1CO[C@H]2CCN(C(=O)N3CCC(Cc4cncc(C(F)(F)F)c4)CC3)C[C@H]2N1. The average molecular weight is 426 g/mol. The number of hydrogen-bond acceptors (Lipinski definition) is 4. The molecule has 1 aromatic heterocycles. The van der Waals surface area contributed by atoms with Gasteiger partial charge in [-0.1, -0.05) is 0 Å². The molecule has 3 aliphatic rings. The van der Waals surface area contributed by atoms with Crippen LogP contribution in [0.3, 0.4) is 0 Å². The summed E-state index contributed by atoms with van der Waals surface area (Å²) < 4.78 is 44.1. The summed E-state index contributed by atoms with van der Waals surface area (Å²) in [4.78, 5) is 31.7. The smallest absolute Gasteiger partial charge is 0.366 e. The molecule has 3 aliphatic heterocycles. The molecular formula is C20H25F3N4O3. The van der Waals surface area contributed by atoms with Crippen molar-refractivity contribution < 1.29 is 27.5 Å². The summed E-state index contributed by atoms with van der Waals surface area (Å²) in [5, 5.41) is 2.89. The van der Waals surface area contributed by atoms with Gasteiger partial charge in [-0.3, -0.25) is 9.78 Å². The summed E-state index contributed by atoms with van der Waals surface area (Å²) in [5.41, 5.74) is -0.153. The maximum atomic E-state index is 12.9. The molecule has 2 atom stereocenters. The third-order valence-electron chi connectivity index (χ3n) is 6.13. The first-order valence-electron chi connectivity index (χ1n) is 10.3. The Morgan fingerprint density at radius 2 is 1.90 bits per heavy atom. The van der Waals surface area contributed by atoms with Gasteiger partial charge in [-0.2, -0.15) is 13.2 Å². The van der Waals surface area contributed by atoms with Crippen molar-refractivity contribution in [1.29, 1.82) is 0 Å². The van der Waals surface area contributed by atoms with Crippen molar-refractivity contribution in [3.05, 3.63) is 29.6 Å². The zero-order chi connectivity index (χ0) is 21.3. The number of nitrogens with one attached hydrogen (secondary N) is 1. The molecule has 1 aromatic rings. The summed E-state index contributed by atoms with van der Waals surface area (Å²) in [5.74, 6) is 0.0616. The quantitative estimate of drug-likeness (QED) is 0.786. The number of hydrogen-bond donors (Lipinski definition) is 1. The number of carbonyl (C=O) groups excluding carboxylic acids is 2. The van der Waals surface area contributed by atoms with E-state index >= 15 is 0 Å². The van der Waals surface area contributed by atoms with Gasteiger partial charge in [0, 0.05) is 38.6 Å². The van der Waals surface area contributed by atoms with Gasteiger partial charge in [0.1, 0.15) is 6.61 Å². The number of halogens is 3. The second-order valence-corrected chi connectivity index (χ2v) is 8.25. The van der Waals surface area contributed by atoms with Crippen LogP contribution in [0.5, 0.6) is 0 Å². The number of piperidine rings is 2. The van der Waals surface area contributed by atoms with Crippen LogP contribution in [0.2, 0.25) is 0 Å². The molecule has 3 saturated heterocycles. The van der Waals surface area contributed by atoms with Gasteiger partial charge in [-0.15, -0.1) is 0 Å². The van der Waals surface area contributed by atoms with Gasteiger partial charge in [0.25, 0.3) is 0 Å². The van der Waals surface area contributed by atoms with Gasteiger partial charge < -0.3 is 19.9 Å². The molecule has 30 heavy (non-hydrogen) atoms. The van der Waals surface area contributed by atoms with E-state index in [1.807, 2.05) is 0 Å². The average Bonchev–Trinajstić information content (AvgIpc) is 2.73. The van der Waals surface area contributed by atoms with E-state index in [2.05, 4.69) is 10.3 Å². The van der Waals surface area contributed by atoms with Crippen LogP contribution in [0.4, 0.5) is 18.0 Å². The van der Waals surface area contributed by atoms with Gasteiger partial charge in [0.2, 0.25) is 5.91 Å². The fraction of sp³-hybridized carbons (Fsp3) is 0.650. The van der Waals surface area contributed by atoms with E-state index in [4.69, 9.17) is 4.74 Å². The predicted molar refractivity (Wildman–Crippen MR) is 100 cm³/mol. The molecule has 4 heterocycles. The summed E-state index contributed by atoms with van der Waals surface area (Å²) in [7, 11) is 0. The Hall–Kier alpha value is -2.36. The van der Waals surface area contributed by atoms with Crippen LogP contribution < -0.4 is 5.32 Å². The molecule has 164 valence electrons. The third-order valence-corrected chi connectivity index (χ3v) is 6.13. The van der Waals surface area contributed by atoms with Gasteiger partial charge in [-0.25, -0.2) is 4.79 Å². The summed E-state index contributed by atoms with van der Waals surface area (Å²) in [6.07, 6.45) is 0.577. The maximum absolute atomic E-state index is 12.9. The first kappa shape index (κ1) is 20.9. The number of amides is 3. The normalized spacial score (nSPS) is 25.6. The lowest BCUT2D eigenvalue weighted by molar-refractivity contribution is -0.140. The Labute approximate surface area is 172 Å². The fourth-order valence-electron chi connectivity index (χ4n) is 4.49. The monoisotopic (exact) mass is 426 g/mol. The number of morpholine rings is 1. The summed E-state index contributed by atoms with van der Waals surface area (Å²) >= 11 is 0. The number of fused-ring (bicyclic) bond motifs is 1. The second kappa shape index (κ2) is 8.41. The van der Waals surface area contributed by atoms with Gasteiger partial charge in [0.15, 0.2) is 0 Å². The van der Waals surface area contributed by atoms with E-state index in [1.54, 1.807) is 9.80 Å². The molecular weight excluding hydrogens is 401 g/mol. The number of nitrogens with zero attached hydrogens (tertiary/aromatic N) is 3. The predicted octanol–water partition coefficient (Wildman–Crippen LogP) is 2.06. The lowest BCUT2D eigenvalue weighted by Gasteiger charge is -2.43. The van der Waals surface area contributed by atoms with Crippen LogP contribution >= 0.6 is 0 Å². The molecule has 0 bridgehead atoms. The Morgan fingerprint density at radius 1 is 1.17 bits per heavy atom.